The van der Waals surface area contributed by atoms with E-state index >= 15 is 0 Å². The number of nitrogens with zero attached hydrogens (tertiary/aromatic N) is 2. The van der Waals surface area contributed by atoms with Gasteiger partial charge in [0.1, 0.15) is 22.3 Å². The zero-order chi connectivity index (χ0) is 48.8. The molecule has 0 spiro atoms. The van der Waals surface area contributed by atoms with Crippen molar-refractivity contribution < 1.29 is 8.83 Å². The van der Waals surface area contributed by atoms with Crippen LogP contribution in [0.5, 0.6) is 0 Å². The van der Waals surface area contributed by atoms with Crippen molar-refractivity contribution in [2.75, 3.05) is 9.80 Å². The summed E-state index contributed by atoms with van der Waals surface area (Å²) in [4.78, 5) is 4.86. The average molecular weight is 929 g/mol. The zero-order valence-electron chi connectivity index (χ0n) is 41.3. The van der Waals surface area contributed by atoms with Gasteiger partial charge in [-0.1, -0.05) is 121 Å². The summed E-state index contributed by atoms with van der Waals surface area (Å²) in [6.45, 7) is 13.3. The first kappa shape index (κ1) is 43.2. The second-order valence-electron chi connectivity index (χ2n) is 19.7. The van der Waals surface area contributed by atoms with Crippen molar-refractivity contribution in [1.29, 1.82) is 0 Å². The Morgan fingerprint density at radius 1 is 0.278 bits per heavy atom. The minimum absolute atomic E-state index is 0.843. The lowest BCUT2D eigenvalue weighted by Gasteiger charge is -2.30. The molecule has 13 rings (SSSR count). The highest BCUT2D eigenvalue weighted by atomic mass is 16.3. The molecule has 11 aromatic carbocycles. The molecule has 0 saturated carbocycles. The summed E-state index contributed by atoms with van der Waals surface area (Å²) < 4.78 is 13.6. The minimum Gasteiger partial charge on any atom is -0.456 e. The maximum absolute atomic E-state index is 6.78. The van der Waals surface area contributed by atoms with Crippen LogP contribution in [0.25, 0.3) is 87.7 Å². The van der Waals surface area contributed by atoms with Crippen LogP contribution in [0.1, 0.15) is 33.4 Å². The average Bonchev–Trinajstić information content (AvgIpc) is 3.94. The van der Waals surface area contributed by atoms with E-state index in [1.54, 1.807) is 0 Å². The van der Waals surface area contributed by atoms with Crippen LogP contribution in [0.4, 0.5) is 34.1 Å². The van der Waals surface area contributed by atoms with Crippen LogP contribution in [-0.2, 0) is 0 Å². The second-order valence-corrected chi connectivity index (χ2v) is 19.7. The van der Waals surface area contributed by atoms with Gasteiger partial charge in [-0.15, -0.1) is 0 Å². The van der Waals surface area contributed by atoms with E-state index in [0.29, 0.717) is 0 Å². The van der Waals surface area contributed by atoms with Crippen molar-refractivity contribution in [2.45, 2.75) is 41.5 Å². The van der Waals surface area contributed by atoms with E-state index in [1.807, 2.05) is 0 Å². The van der Waals surface area contributed by atoms with Crippen LogP contribution < -0.4 is 9.80 Å². The normalized spacial score (nSPS) is 11.8. The molecule has 0 amide bonds. The smallest absolute Gasteiger partial charge is 0.136 e. The maximum atomic E-state index is 6.78. The van der Waals surface area contributed by atoms with Crippen LogP contribution >= 0.6 is 0 Å². The lowest BCUT2D eigenvalue weighted by Crippen LogP contribution is -2.14. The molecule has 0 aliphatic rings. The van der Waals surface area contributed by atoms with Gasteiger partial charge in [-0.2, -0.15) is 0 Å². The molecule has 346 valence electrons. The van der Waals surface area contributed by atoms with E-state index in [4.69, 9.17) is 8.83 Å². The Hall–Kier alpha value is -8.86. The first-order valence-corrected chi connectivity index (χ1v) is 24.9. The third-order valence-corrected chi connectivity index (χ3v) is 14.9. The van der Waals surface area contributed by atoms with Gasteiger partial charge in [-0.3, -0.25) is 0 Å². The molecule has 4 nitrogen and oxygen atoms in total. The Labute approximate surface area is 419 Å². The number of aryl methyl sites for hydroxylation is 6. The molecule has 72 heavy (non-hydrogen) atoms. The summed E-state index contributed by atoms with van der Waals surface area (Å²) in [5.41, 5.74) is 22.4. The summed E-state index contributed by atoms with van der Waals surface area (Å²) in [5, 5.41) is 8.81. The molecule has 0 N–H and O–H groups in total. The van der Waals surface area contributed by atoms with Gasteiger partial charge >= 0.3 is 0 Å². The molecular weight excluding hydrogens is 877 g/mol. The van der Waals surface area contributed by atoms with Gasteiger partial charge in [0.15, 0.2) is 0 Å². The Morgan fingerprint density at radius 3 is 1.07 bits per heavy atom. The number of furan rings is 2. The summed E-state index contributed by atoms with van der Waals surface area (Å²) in [6, 6.07) is 74.8. The van der Waals surface area contributed by atoms with Crippen molar-refractivity contribution in [1.82, 2.24) is 0 Å². The molecule has 0 saturated heterocycles. The molecule has 0 aliphatic heterocycles. The topological polar surface area (TPSA) is 32.8 Å². The lowest BCUT2D eigenvalue weighted by molar-refractivity contribution is 0.663. The molecule has 0 fully saturated rings. The predicted octanol–water partition coefficient (Wildman–Crippen LogP) is 19.9. The number of hydrogen-bond acceptors (Lipinski definition) is 4. The standard InChI is InChI=1S/C68H52N2O2/c1-41-15-13-16-42(2)67(41)69(59-29-25-49(33-45(59)5)47-19-9-7-10-20-47)55-27-23-51-37-57-63(39-53(51)35-55)71-61-31-32-62-66(65(57)61)58-38-52-24-28-56(36-54(52)40-64(58)72-62)70(68-43(3)17-14-18-44(68)4)60-30-26-50(34-46(60)6)48-21-11-8-12-22-48/h7-40H,1-6H3. The number of anilines is 6. The van der Waals surface area contributed by atoms with Crippen LogP contribution in [0, 0.1) is 41.5 Å². The highest BCUT2D eigenvalue weighted by Gasteiger charge is 2.23. The Bertz CT molecular complexity index is 3980. The summed E-state index contributed by atoms with van der Waals surface area (Å²) >= 11 is 0. The first-order valence-electron chi connectivity index (χ1n) is 24.9. The van der Waals surface area contributed by atoms with E-state index in [9.17, 15) is 0 Å². The Morgan fingerprint density at radius 2 is 0.681 bits per heavy atom. The Kier molecular flexibility index (Phi) is 10.2. The van der Waals surface area contributed by atoms with Crippen molar-refractivity contribution >= 4 is 99.5 Å². The van der Waals surface area contributed by atoms with E-state index in [-0.39, 0.29) is 0 Å². The van der Waals surface area contributed by atoms with Gasteiger partial charge < -0.3 is 18.6 Å². The van der Waals surface area contributed by atoms with Crippen molar-refractivity contribution in [3.8, 4) is 22.3 Å². The number of rotatable bonds is 8. The minimum atomic E-state index is 0.843. The molecule has 0 bridgehead atoms. The van der Waals surface area contributed by atoms with Crippen molar-refractivity contribution in [3.63, 3.8) is 0 Å². The van der Waals surface area contributed by atoms with Crippen LogP contribution in [-0.4, -0.2) is 0 Å². The summed E-state index contributed by atoms with van der Waals surface area (Å²) in [7, 11) is 0. The molecule has 0 atom stereocenters. The monoisotopic (exact) mass is 928 g/mol. The zero-order valence-corrected chi connectivity index (χ0v) is 41.3. The van der Waals surface area contributed by atoms with Crippen molar-refractivity contribution in [3.05, 3.63) is 240 Å². The van der Waals surface area contributed by atoms with Crippen LogP contribution in [0.3, 0.4) is 0 Å². The summed E-state index contributed by atoms with van der Waals surface area (Å²) in [5.74, 6) is 0. The van der Waals surface area contributed by atoms with E-state index in [2.05, 4.69) is 258 Å². The van der Waals surface area contributed by atoms with Gasteiger partial charge in [-0.05, 0) is 204 Å². The molecule has 0 unspecified atom stereocenters. The van der Waals surface area contributed by atoms with E-state index in [1.165, 1.54) is 67.0 Å². The van der Waals surface area contributed by atoms with Gasteiger partial charge in [-0.25, -0.2) is 0 Å². The highest BCUT2D eigenvalue weighted by molar-refractivity contribution is 6.28. The molecule has 2 aromatic heterocycles. The largest absolute Gasteiger partial charge is 0.456 e. The van der Waals surface area contributed by atoms with Gasteiger partial charge in [0.25, 0.3) is 0 Å². The molecule has 0 aliphatic carbocycles. The molecular formula is C68H52N2O2. The van der Waals surface area contributed by atoms with Gasteiger partial charge in [0.2, 0.25) is 0 Å². The predicted molar refractivity (Wildman–Crippen MR) is 305 cm³/mol. The molecule has 13 aromatic rings. The highest BCUT2D eigenvalue weighted by Crippen LogP contribution is 2.47. The third kappa shape index (κ3) is 7.13. The lowest BCUT2D eigenvalue weighted by atomic mass is 9.98. The third-order valence-electron chi connectivity index (χ3n) is 14.9. The molecule has 4 heteroatoms. The van der Waals surface area contributed by atoms with Crippen LogP contribution in [0.15, 0.2) is 215 Å². The fraction of sp³-hybridized carbons (Fsp3) is 0.0882. The molecule has 0 radical (unpaired) electrons. The maximum Gasteiger partial charge on any atom is 0.136 e. The first-order chi connectivity index (χ1) is 35.1. The van der Waals surface area contributed by atoms with Crippen molar-refractivity contribution in [2.24, 2.45) is 0 Å². The van der Waals surface area contributed by atoms with Crippen LogP contribution in [0.2, 0.25) is 0 Å². The number of para-hydroxylation sites is 2. The second kappa shape index (κ2) is 16.9. The Balaban J connectivity index is 0.922. The number of fused-ring (bicyclic) bond motifs is 9. The molecule has 2 heterocycles. The van der Waals surface area contributed by atoms with Gasteiger partial charge in [0.05, 0.1) is 11.4 Å². The quantitative estimate of drug-likeness (QED) is 0.152. The van der Waals surface area contributed by atoms with E-state index in [0.717, 1.165) is 88.2 Å². The number of benzene rings is 11. The fourth-order valence-corrected chi connectivity index (χ4v) is 11.4. The van der Waals surface area contributed by atoms with Gasteiger partial charge in [0, 0.05) is 44.3 Å². The van der Waals surface area contributed by atoms with E-state index < -0.39 is 0 Å². The summed E-state index contributed by atoms with van der Waals surface area (Å²) in [6.07, 6.45) is 0. The number of hydrogen-bond donors (Lipinski definition) is 0. The fourth-order valence-electron chi connectivity index (χ4n) is 11.4. The SMILES string of the molecule is Cc1cc(-c2ccccc2)ccc1N(c1ccc2cc3c(cc2c1)oc1ccc2oc4cc5cc(N(c6ccc(-c7ccccc7)cc6C)c6c(C)cccc6C)ccc5cc4c2c13)c1c(C)cccc1C.